The van der Waals surface area contributed by atoms with Gasteiger partial charge in [0.25, 0.3) is 0 Å². The van der Waals surface area contributed by atoms with Crippen molar-refractivity contribution < 1.29 is 14.8 Å². The van der Waals surface area contributed by atoms with E-state index in [1.54, 1.807) is 0 Å². The number of nitrogens with one attached hydrogen (secondary N) is 1. The third kappa shape index (κ3) is 3.28. The summed E-state index contributed by atoms with van der Waals surface area (Å²) in [5, 5.41) is 23.9. The molecule has 0 heterocycles. The zero-order valence-corrected chi connectivity index (χ0v) is 10.1. The summed E-state index contributed by atoms with van der Waals surface area (Å²) in [6, 6.07) is 2.52. The number of phenolic OH excluding ortho intramolecular Hbond substituents is 1. The van der Waals surface area contributed by atoms with Crippen molar-refractivity contribution in [2.24, 2.45) is 10.8 Å². The summed E-state index contributed by atoms with van der Waals surface area (Å²) < 4.78 is 4.82. The fourth-order valence-corrected chi connectivity index (χ4v) is 1.21. The fraction of sp³-hybridized carbons (Fsp3) is 0.111. The summed E-state index contributed by atoms with van der Waals surface area (Å²) in [5.41, 5.74) is 7.32. The minimum absolute atomic E-state index is 0.0269. The fourth-order valence-electron chi connectivity index (χ4n) is 1.15. The van der Waals surface area contributed by atoms with Crippen LogP contribution >= 0.6 is 12.2 Å². The van der Waals surface area contributed by atoms with E-state index < -0.39 is 16.4 Å². The van der Waals surface area contributed by atoms with Crippen LogP contribution in [0.2, 0.25) is 0 Å². The molecule has 9 heteroatoms. The minimum Gasteiger partial charge on any atom is -0.500 e. The van der Waals surface area contributed by atoms with Crippen LogP contribution in [0.3, 0.4) is 0 Å². The molecule has 0 atom stereocenters. The number of benzene rings is 1. The summed E-state index contributed by atoms with van der Waals surface area (Å²) >= 11 is 4.53. The quantitative estimate of drug-likeness (QED) is 0.314. The molecule has 0 aliphatic heterocycles. The van der Waals surface area contributed by atoms with Crippen molar-refractivity contribution >= 4 is 29.2 Å². The number of hydrogen-bond acceptors (Lipinski definition) is 6. The second kappa shape index (κ2) is 5.77. The third-order valence-corrected chi connectivity index (χ3v) is 1.97. The molecule has 18 heavy (non-hydrogen) atoms. The molecule has 0 amide bonds. The van der Waals surface area contributed by atoms with Crippen molar-refractivity contribution in [2.75, 3.05) is 7.11 Å². The molecule has 1 aromatic rings. The number of nitrogens with two attached hydrogens (primary N) is 1. The largest absolute Gasteiger partial charge is 0.500 e. The molecule has 96 valence electrons. The van der Waals surface area contributed by atoms with E-state index in [0.717, 1.165) is 6.07 Å². The molecule has 0 aliphatic rings. The van der Waals surface area contributed by atoms with Crippen LogP contribution in [-0.2, 0) is 0 Å². The number of nitro groups is 1. The highest BCUT2D eigenvalue weighted by Crippen LogP contribution is 2.36. The Hall–Kier alpha value is -2.42. The van der Waals surface area contributed by atoms with Gasteiger partial charge in [-0.3, -0.25) is 15.5 Å². The van der Waals surface area contributed by atoms with Crippen LogP contribution < -0.4 is 15.9 Å². The molecular formula is C9H10N4O4S. The first-order valence-corrected chi connectivity index (χ1v) is 5.00. The Balaban J connectivity index is 3.13. The molecule has 0 saturated carbocycles. The number of hydrazone groups is 1. The monoisotopic (exact) mass is 270 g/mol. The van der Waals surface area contributed by atoms with Crippen LogP contribution in [0.1, 0.15) is 5.56 Å². The van der Waals surface area contributed by atoms with Gasteiger partial charge in [0.05, 0.1) is 18.2 Å². The molecule has 0 saturated heterocycles. The molecular weight excluding hydrogens is 260 g/mol. The zero-order chi connectivity index (χ0) is 13.7. The van der Waals surface area contributed by atoms with Gasteiger partial charge in [0.1, 0.15) is 0 Å². The number of thiocarbonyl (C=S) groups is 1. The smallest absolute Gasteiger partial charge is 0.315 e. The number of aromatic hydroxyl groups is 1. The maximum Gasteiger partial charge on any atom is 0.315 e. The summed E-state index contributed by atoms with van der Waals surface area (Å²) in [6.45, 7) is 0. The summed E-state index contributed by atoms with van der Waals surface area (Å²) in [5.74, 6) is -0.567. The average Bonchev–Trinajstić information content (AvgIpc) is 2.30. The SMILES string of the molecule is COc1cc(/C=N\NC(N)=S)cc([N+](=O)[O-])c1O. The lowest BCUT2D eigenvalue weighted by Crippen LogP contribution is -2.23. The van der Waals surface area contributed by atoms with Crippen LogP contribution in [0.5, 0.6) is 11.5 Å². The topological polar surface area (TPSA) is 123 Å². The predicted octanol–water partition coefficient (Wildman–Crippen LogP) is 0.476. The van der Waals surface area contributed by atoms with Crippen molar-refractivity contribution in [3.05, 3.63) is 27.8 Å². The predicted molar refractivity (Wildman–Crippen MR) is 68.8 cm³/mol. The van der Waals surface area contributed by atoms with Gasteiger partial charge in [-0.1, -0.05) is 0 Å². The van der Waals surface area contributed by atoms with E-state index in [1.165, 1.54) is 19.4 Å². The average molecular weight is 270 g/mol. The van der Waals surface area contributed by atoms with Gasteiger partial charge in [-0.25, -0.2) is 0 Å². The minimum atomic E-state index is -0.726. The molecule has 0 bridgehead atoms. The maximum atomic E-state index is 10.7. The number of phenols is 1. The first kappa shape index (κ1) is 13.6. The number of nitro benzene ring substituents is 1. The standard InChI is InChI=1S/C9H10N4O4S/c1-17-7-3-5(4-11-12-9(10)18)2-6(8(7)14)13(15)16/h2-4,14H,1H3,(H3,10,12,18)/b11-4-. The van der Waals surface area contributed by atoms with Gasteiger partial charge in [0, 0.05) is 11.6 Å². The van der Waals surface area contributed by atoms with Crippen molar-refractivity contribution in [3.8, 4) is 11.5 Å². The lowest BCUT2D eigenvalue weighted by atomic mass is 10.2. The number of rotatable bonds is 4. The van der Waals surface area contributed by atoms with E-state index in [4.69, 9.17) is 10.5 Å². The Bertz CT molecular complexity index is 518. The Kier molecular flexibility index (Phi) is 4.38. The molecule has 0 unspecified atom stereocenters. The van der Waals surface area contributed by atoms with Crippen molar-refractivity contribution in [1.29, 1.82) is 0 Å². The lowest BCUT2D eigenvalue weighted by Gasteiger charge is -2.04. The molecule has 0 aromatic heterocycles. The molecule has 0 radical (unpaired) electrons. The molecule has 0 spiro atoms. The molecule has 8 nitrogen and oxygen atoms in total. The van der Waals surface area contributed by atoms with Gasteiger partial charge in [-0.15, -0.1) is 0 Å². The van der Waals surface area contributed by atoms with Crippen molar-refractivity contribution in [3.63, 3.8) is 0 Å². The number of hydrogen-bond donors (Lipinski definition) is 3. The van der Waals surface area contributed by atoms with Crippen LogP contribution in [-0.4, -0.2) is 28.5 Å². The molecule has 4 N–H and O–H groups in total. The van der Waals surface area contributed by atoms with Crippen LogP contribution in [0.4, 0.5) is 5.69 Å². The zero-order valence-electron chi connectivity index (χ0n) is 9.28. The van der Waals surface area contributed by atoms with Gasteiger partial charge in [0.2, 0.25) is 5.75 Å². The first-order valence-electron chi connectivity index (χ1n) is 4.59. The van der Waals surface area contributed by atoms with Gasteiger partial charge < -0.3 is 15.6 Å². The van der Waals surface area contributed by atoms with Gasteiger partial charge >= 0.3 is 5.69 Å². The molecule has 0 aliphatic carbocycles. The number of nitrogens with zero attached hydrogens (tertiary/aromatic N) is 2. The highest BCUT2D eigenvalue weighted by molar-refractivity contribution is 7.80. The number of methoxy groups -OCH3 is 1. The lowest BCUT2D eigenvalue weighted by molar-refractivity contribution is -0.386. The second-order valence-corrected chi connectivity index (χ2v) is 3.52. The highest BCUT2D eigenvalue weighted by Gasteiger charge is 2.19. The van der Waals surface area contributed by atoms with Crippen LogP contribution in [0.15, 0.2) is 17.2 Å². The second-order valence-electron chi connectivity index (χ2n) is 3.08. The van der Waals surface area contributed by atoms with E-state index in [2.05, 4.69) is 22.7 Å². The Morgan fingerprint density at radius 1 is 1.72 bits per heavy atom. The van der Waals surface area contributed by atoms with Crippen molar-refractivity contribution in [2.45, 2.75) is 0 Å². The highest BCUT2D eigenvalue weighted by atomic mass is 32.1. The van der Waals surface area contributed by atoms with Gasteiger partial charge in [0.15, 0.2) is 10.9 Å². The normalized spacial score (nSPS) is 10.3. The van der Waals surface area contributed by atoms with E-state index in [-0.39, 0.29) is 10.9 Å². The maximum absolute atomic E-state index is 10.7. The third-order valence-electron chi connectivity index (χ3n) is 1.88. The Morgan fingerprint density at radius 2 is 2.39 bits per heavy atom. The molecule has 0 fully saturated rings. The first-order chi connectivity index (χ1) is 8.45. The van der Waals surface area contributed by atoms with Crippen molar-refractivity contribution in [1.82, 2.24) is 5.43 Å². The summed E-state index contributed by atoms with van der Waals surface area (Å²) in [4.78, 5) is 9.99. The van der Waals surface area contributed by atoms with E-state index in [0.29, 0.717) is 5.56 Å². The van der Waals surface area contributed by atoms with Crippen LogP contribution in [0, 0.1) is 10.1 Å². The molecule has 1 rings (SSSR count). The van der Waals surface area contributed by atoms with E-state index >= 15 is 0 Å². The van der Waals surface area contributed by atoms with Gasteiger partial charge in [-0.05, 0) is 18.3 Å². The summed E-state index contributed by atoms with van der Waals surface area (Å²) in [6.07, 6.45) is 1.26. The molecule has 1 aromatic carbocycles. The Morgan fingerprint density at radius 3 is 2.89 bits per heavy atom. The van der Waals surface area contributed by atoms with Crippen LogP contribution in [0.25, 0.3) is 0 Å². The van der Waals surface area contributed by atoms with E-state index in [9.17, 15) is 15.2 Å². The summed E-state index contributed by atoms with van der Waals surface area (Å²) in [7, 11) is 1.28. The Labute approximate surface area is 107 Å². The van der Waals surface area contributed by atoms with Gasteiger partial charge in [-0.2, -0.15) is 5.10 Å². The van der Waals surface area contributed by atoms with E-state index in [1.807, 2.05) is 0 Å². The number of ether oxygens (including phenoxy) is 1.